The predicted octanol–water partition coefficient (Wildman–Crippen LogP) is 5.29. The molecule has 1 aromatic heterocycles. The van der Waals surface area contributed by atoms with Crippen LogP contribution in [0.15, 0.2) is 52.9 Å². The smallest absolute Gasteiger partial charge is 0.410 e. The van der Waals surface area contributed by atoms with E-state index in [1.165, 1.54) is 0 Å². The third-order valence-electron chi connectivity index (χ3n) is 6.54. The Hall–Kier alpha value is -3.15. The Labute approximate surface area is 181 Å². The van der Waals surface area contributed by atoms with Crippen molar-refractivity contribution < 1.29 is 18.7 Å². The van der Waals surface area contributed by atoms with Crippen LogP contribution in [0.4, 0.5) is 4.79 Å². The number of oxazole rings is 1. The van der Waals surface area contributed by atoms with E-state index in [0.29, 0.717) is 29.9 Å². The average Bonchev–Trinajstić information content (AvgIpc) is 3.16. The maximum absolute atomic E-state index is 13.3. The van der Waals surface area contributed by atoms with Crippen LogP contribution in [0.3, 0.4) is 0 Å². The second-order valence-corrected chi connectivity index (χ2v) is 8.63. The van der Waals surface area contributed by atoms with E-state index in [0.717, 1.165) is 30.3 Å². The second-order valence-electron chi connectivity index (χ2n) is 8.63. The molecule has 2 aliphatic rings. The van der Waals surface area contributed by atoms with Gasteiger partial charge in [-0.1, -0.05) is 30.3 Å². The first-order chi connectivity index (χ1) is 15.1. The summed E-state index contributed by atoms with van der Waals surface area (Å²) in [7, 11) is 0. The predicted molar refractivity (Wildman–Crippen MR) is 116 cm³/mol. The minimum absolute atomic E-state index is 0.0565. The number of carbonyl (C=O) groups is 2. The molecule has 2 unspecified atom stereocenters. The summed E-state index contributed by atoms with van der Waals surface area (Å²) in [5.41, 5.74) is 3.04. The lowest BCUT2D eigenvalue weighted by atomic mass is 9.76. The summed E-state index contributed by atoms with van der Waals surface area (Å²) >= 11 is 0. The Bertz CT molecular complexity index is 1090. The van der Waals surface area contributed by atoms with Gasteiger partial charge in [-0.3, -0.25) is 4.79 Å². The molecule has 31 heavy (non-hydrogen) atoms. The summed E-state index contributed by atoms with van der Waals surface area (Å²) in [4.78, 5) is 32.4. The van der Waals surface area contributed by atoms with Crippen LogP contribution in [-0.4, -0.2) is 33.8 Å². The molecule has 3 heterocycles. The number of aromatic nitrogens is 1. The molecule has 2 bridgehead atoms. The number of Topliss-reactive ketones (excluding diaryl/α,β-unsaturated/α-hetero) is 1. The monoisotopic (exact) mass is 418 g/mol. The van der Waals surface area contributed by atoms with Crippen LogP contribution in [0.2, 0.25) is 0 Å². The number of ketones is 1. The third-order valence-corrected chi connectivity index (χ3v) is 6.54. The molecule has 2 fully saturated rings. The number of rotatable bonds is 4. The lowest BCUT2D eigenvalue weighted by molar-refractivity contribution is 0.00473. The van der Waals surface area contributed by atoms with Crippen LogP contribution in [0, 0.1) is 12.8 Å². The molecule has 2 saturated heterocycles. The molecule has 1 amide bonds. The van der Waals surface area contributed by atoms with E-state index in [9.17, 15) is 9.59 Å². The van der Waals surface area contributed by atoms with Crippen molar-refractivity contribution in [3.8, 4) is 0 Å². The Morgan fingerprint density at radius 3 is 2.58 bits per heavy atom. The van der Waals surface area contributed by atoms with Crippen LogP contribution in [0.1, 0.15) is 53.9 Å². The molecule has 2 aromatic carbocycles. The SMILES string of the molecule is Cc1nc2ccc(C(=O)C3CC4CCCC(C3)N4C(=O)OCc3ccccc3)cc2o1. The van der Waals surface area contributed by atoms with Crippen LogP contribution in [0.25, 0.3) is 11.1 Å². The van der Waals surface area contributed by atoms with Gasteiger partial charge in [0.25, 0.3) is 0 Å². The Morgan fingerprint density at radius 1 is 1.10 bits per heavy atom. The highest BCUT2D eigenvalue weighted by Gasteiger charge is 2.43. The molecule has 160 valence electrons. The fourth-order valence-electron chi connectivity index (χ4n) is 5.12. The molecule has 0 radical (unpaired) electrons. The standard InChI is InChI=1S/C25H26N2O4/c1-16-26-22-11-10-18(14-23(22)31-16)24(28)19-12-20-8-5-9-21(13-19)27(20)25(29)30-15-17-6-3-2-4-7-17/h2-4,6-7,10-11,14,19-21H,5,8-9,12-13,15H2,1H3. The first kappa shape index (κ1) is 19.8. The zero-order chi connectivity index (χ0) is 21.4. The molecule has 2 atom stereocenters. The highest BCUT2D eigenvalue weighted by molar-refractivity contribution is 6.00. The van der Waals surface area contributed by atoms with Gasteiger partial charge in [-0.05, 0) is 55.9 Å². The summed E-state index contributed by atoms with van der Waals surface area (Å²) in [6.07, 6.45) is 4.03. The average molecular weight is 418 g/mol. The van der Waals surface area contributed by atoms with Crippen LogP contribution < -0.4 is 0 Å². The summed E-state index contributed by atoms with van der Waals surface area (Å²) in [5.74, 6) is 0.636. The van der Waals surface area contributed by atoms with Gasteiger partial charge in [0.2, 0.25) is 0 Å². The third kappa shape index (κ3) is 3.94. The molecule has 0 aliphatic carbocycles. The maximum Gasteiger partial charge on any atom is 0.410 e. The number of amides is 1. The van der Waals surface area contributed by atoms with E-state index >= 15 is 0 Å². The van der Waals surface area contributed by atoms with Crippen LogP contribution in [-0.2, 0) is 11.3 Å². The van der Waals surface area contributed by atoms with Crippen molar-refractivity contribution in [3.63, 3.8) is 0 Å². The molecule has 2 aliphatic heterocycles. The van der Waals surface area contributed by atoms with Crippen molar-refractivity contribution in [3.05, 3.63) is 65.5 Å². The first-order valence-corrected chi connectivity index (χ1v) is 11.0. The largest absolute Gasteiger partial charge is 0.445 e. The molecular weight excluding hydrogens is 392 g/mol. The van der Waals surface area contributed by atoms with Crippen molar-refractivity contribution in [2.45, 2.75) is 57.7 Å². The van der Waals surface area contributed by atoms with Gasteiger partial charge in [0.05, 0.1) is 0 Å². The van der Waals surface area contributed by atoms with Crippen molar-refractivity contribution in [1.29, 1.82) is 0 Å². The Kier molecular flexibility index (Phi) is 5.22. The van der Waals surface area contributed by atoms with E-state index in [-0.39, 0.29) is 36.5 Å². The van der Waals surface area contributed by atoms with Gasteiger partial charge in [0.1, 0.15) is 12.1 Å². The number of ether oxygens (including phenoxy) is 1. The van der Waals surface area contributed by atoms with Gasteiger partial charge in [-0.15, -0.1) is 0 Å². The van der Waals surface area contributed by atoms with Crippen LogP contribution >= 0.6 is 0 Å². The van der Waals surface area contributed by atoms with Crippen molar-refractivity contribution in [2.24, 2.45) is 5.92 Å². The van der Waals surface area contributed by atoms with Crippen molar-refractivity contribution >= 4 is 23.0 Å². The van der Waals surface area contributed by atoms with Crippen molar-refractivity contribution in [2.75, 3.05) is 0 Å². The second kappa shape index (κ2) is 8.17. The number of nitrogens with zero attached hydrogens (tertiary/aromatic N) is 2. The topological polar surface area (TPSA) is 72.6 Å². The van der Waals surface area contributed by atoms with Gasteiger partial charge in [0, 0.05) is 30.5 Å². The number of fused-ring (bicyclic) bond motifs is 3. The van der Waals surface area contributed by atoms with Gasteiger partial charge in [0.15, 0.2) is 17.3 Å². The molecule has 6 heteroatoms. The van der Waals surface area contributed by atoms with E-state index in [1.54, 1.807) is 13.0 Å². The molecule has 0 saturated carbocycles. The molecule has 0 spiro atoms. The lowest BCUT2D eigenvalue weighted by Crippen LogP contribution is -2.55. The number of benzene rings is 2. The molecule has 6 nitrogen and oxygen atoms in total. The van der Waals surface area contributed by atoms with Crippen LogP contribution in [0.5, 0.6) is 0 Å². The fourth-order valence-corrected chi connectivity index (χ4v) is 5.12. The van der Waals surface area contributed by atoms with Gasteiger partial charge >= 0.3 is 6.09 Å². The molecule has 5 rings (SSSR count). The highest BCUT2D eigenvalue weighted by Crippen LogP contribution is 2.39. The number of carbonyl (C=O) groups excluding carboxylic acids is 2. The summed E-state index contributed by atoms with van der Waals surface area (Å²) < 4.78 is 11.2. The number of piperidine rings is 2. The van der Waals surface area contributed by atoms with E-state index in [4.69, 9.17) is 9.15 Å². The molecular formula is C25H26N2O4. The zero-order valence-corrected chi connectivity index (χ0v) is 17.6. The lowest BCUT2D eigenvalue weighted by Gasteiger charge is -2.47. The minimum atomic E-state index is -0.261. The normalized spacial score (nSPS) is 23.0. The molecule has 0 N–H and O–H groups in total. The maximum atomic E-state index is 13.3. The number of aryl methyl sites for hydroxylation is 1. The minimum Gasteiger partial charge on any atom is -0.445 e. The fraction of sp³-hybridized carbons (Fsp3) is 0.400. The Morgan fingerprint density at radius 2 is 1.84 bits per heavy atom. The van der Waals surface area contributed by atoms with E-state index in [2.05, 4.69) is 4.98 Å². The zero-order valence-electron chi connectivity index (χ0n) is 17.6. The van der Waals surface area contributed by atoms with Crippen molar-refractivity contribution in [1.82, 2.24) is 9.88 Å². The van der Waals surface area contributed by atoms with E-state index < -0.39 is 0 Å². The summed E-state index contributed by atoms with van der Waals surface area (Å²) in [5, 5.41) is 0. The quantitative estimate of drug-likeness (QED) is 0.539. The highest BCUT2D eigenvalue weighted by atomic mass is 16.6. The first-order valence-electron chi connectivity index (χ1n) is 11.0. The summed E-state index contributed by atoms with van der Waals surface area (Å²) in [6.45, 7) is 2.07. The van der Waals surface area contributed by atoms with E-state index in [1.807, 2.05) is 47.4 Å². The number of hydrogen-bond acceptors (Lipinski definition) is 5. The van der Waals surface area contributed by atoms with Gasteiger partial charge < -0.3 is 14.1 Å². The molecule has 3 aromatic rings. The van der Waals surface area contributed by atoms with Gasteiger partial charge in [-0.2, -0.15) is 0 Å². The summed E-state index contributed by atoms with van der Waals surface area (Å²) in [6, 6.07) is 15.3. The van der Waals surface area contributed by atoms with Gasteiger partial charge in [-0.25, -0.2) is 9.78 Å². The Balaban J connectivity index is 1.28. The number of hydrogen-bond donors (Lipinski definition) is 0.